The zero-order valence-corrected chi connectivity index (χ0v) is 15.7. The summed E-state index contributed by atoms with van der Waals surface area (Å²) in [7, 11) is -1.36. The van der Waals surface area contributed by atoms with Gasteiger partial charge in [0.25, 0.3) is 0 Å². The summed E-state index contributed by atoms with van der Waals surface area (Å²) < 4.78 is 13.2. The standard InChI is InChI=1S/C13H16BFO4.C4H9N.C2H6/c15-10-3-4-11-9(7-10)6-8(12(11)13(16)17)2-1-5-14(18)19;1-2-4-5-3-1;1-2/h3-4,7-8,12,18-19H,1-2,5-6H2,(H,16,17);5H,1-4H2;1-2H3. The first-order valence-electron chi connectivity index (χ1n) is 9.57. The molecule has 146 valence electrons. The van der Waals surface area contributed by atoms with Crippen LogP contribution in [0.1, 0.15) is 56.6 Å². The molecular weight excluding hydrogens is 336 g/mol. The predicted octanol–water partition coefficient (Wildman–Crippen LogP) is 2.82. The second-order valence-electron chi connectivity index (χ2n) is 6.49. The third kappa shape index (κ3) is 7.06. The quantitative estimate of drug-likeness (QED) is 0.601. The number of carboxylic acid groups (broad SMARTS) is 1. The van der Waals surface area contributed by atoms with E-state index in [-0.39, 0.29) is 18.1 Å². The normalized spacial score (nSPS) is 20.3. The van der Waals surface area contributed by atoms with Crippen molar-refractivity contribution in [1.29, 1.82) is 0 Å². The van der Waals surface area contributed by atoms with E-state index < -0.39 is 19.0 Å². The third-order valence-corrected chi connectivity index (χ3v) is 4.65. The van der Waals surface area contributed by atoms with Crippen molar-refractivity contribution in [2.45, 2.75) is 58.2 Å². The van der Waals surface area contributed by atoms with E-state index in [1.807, 2.05) is 13.8 Å². The van der Waals surface area contributed by atoms with Crippen molar-refractivity contribution in [2.24, 2.45) is 5.92 Å². The van der Waals surface area contributed by atoms with Crippen LogP contribution in [0.25, 0.3) is 0 Å². The van der Waals surface area contributed by atoms with Gasteiger partial charge >= 0.3 is 13.1 Å². The smallest absolute Gasteiger partial charge is 0.451 e. The minimum Gasteiger partial charge on any atom is -0.481 e. The molecule has 4 N–H and O–H groups in total. The number of fused-ring (bicyclic) bond motifs is 1. The van der Waals surface area contributed by atoms with Crippen molar-refractivity contribution >= 4 is 13.1 Å². The molecule has 0 saturated carbocycles. The lowest BCUT2D eigenvalue weighted by Gasteiger charge is -2.16. The molecule has 1 aliphatic heterocycles. The maximum atomic E-state index is 13.2. The van der Waals surface area contributed by atoms with Gasteiger partial charge in [-0.3, -0.25) is 4.79 Å². The lowest BCUT2D eigenvalue weighted by molar-refractivity contribution is -0.139. The molecule has 3 rings (SSSR count). The molecule has 1 aromatic carbocycles. The molecule has 0 aromatic heterocycles. The number of hydrogen-bond donors (Lipinski definition) is 4. The Morgan fingerprint density at radius 2 is 1.92 bits per heavy atom. The van der Waals surface area contributed by atoms with Crippen molar-refractivity contribution in [1.82, 2.24) is 5.32 Å². The second kappa shape index (κ2) is 12.0. The van der Waals surface area contributed by atoms with Crippen molar-refractivity contribution in [3.8, 4) is 0 Å². The number of carbonyl (C=O) groups is 1. The minimum absolute atomic E-state index is 0.104. The van der Waals surface area contributed by atoms with Crippen LogP contribution in [0.15, 0.2) is 18.2 Å². The summed E-state index contributed by atoms with van der Waals surface area (Å²) in [6, 6.07) is 4.23. The molecule has 1 heterocycles. The van der Waals surface area contributed by atoms with Crippen LogP contribution in [0.5, 0.6) is 0 Å². The Morgan fingerprint density at radius 1 is 1.27 bits per heavy atom. The average Bonchev–Trinajstić information content (AvgIpc) is 3.26. The van der Waals surface area contributed by atoms with E-state index in [2.05, 4.69) is 5.32 Å². The van der Waals surface area contributed by atoms with Crippen LogP contribution in [0, 0.1) is 11.7 Å². The number of rotatable bonds is 5. The Kier molecular flexibility index (Phi) is 10.5. The highest BCUT2D eigenvalue weighted by atomic mass is 19.1. The summed E-state index contributed by atoms with van der Waals surface area (Å²) in [6.45, 7) is 6.50. The lowest BCUT2D eigenvalue weighted by Crippen LogP contribution is -2.18. The van der Waals surface area contributed by atoms with E-state index in [9.17, 15) is 14.3 Å². The number of hydrogen-bond acceptors (Lipinski definition) is 4. The zero-order chi connectivity index (χ0) is 19.5. The van der Waals surface area contributed by atoms with Gasteiger partial charge in [-0.25, -0.2) is 4.39 Å². The molecule has 1 aliphatic carbocycles. The van der Waals surface area contributed by atoms with Crippen LogP contribution >= 0.6 is 0 Å². The fraction of sp³-hybridized carbons (Fsp3) is 0.632. The lowest BCUT2D eigenvalue weighted by atomic mass is 9.80. The first kappa shape index (κ1) is 22.6. The topological polar surface area (TPSA) is 89.8 Å². The number of benzene rings is 1. The van der Waals surface area contributed by atoms with Crippen LogP contribution in [0.2, 0.25) is 6.32 Å². The highest BCUT2D eigenvalue weighted by molar-refractivity contribution is 6.40. The summed E-state index contributed by atoms with van der Waals surface area (Å²) in [5.41, 5.74) is 1.44. The summed E-state index contributed by atoms with van der Waals surface area (Å²) in [5, 5.41) is 30.1. The molecule has 26 heavy (non-hydrogen) atoms. The number of halogens is 1. The molecule has 0 spiro atoms. The van der Waals surface area contributed by atoms with Gasteiger partial charge in [0, 0.05) is 0 Å². The van der Waals surface area contributed by atoms with Gasteiger partial charge in [-0.15, -0.1) is 0 Å². The Morgan fingerprint density at radius 3 is 2.42 bits per heavy atom. The molecule has 1 fully saturated rings. The number of nitrogens with one attached hydrogen (secondary N) is 1. The van der Waals surface area contributed by atoms with Crippen LogP contribution in [-0.2, 0) is 11.2 Å². The van der Waals surface area contributed by atoms with Crippen LogP contribution < -0.4 is 5.32 Å². The molecule has 7 heteroatoms. The van der Waals surface area contributed by atoms with Crippen LogP contribution in [0.4, 0.5) is 4.39 Å². The van der Waals surface area contributed by atoms with Gasteiger partial charge < -0.3 is 20.5 Å². The van der Waals surface area contributed by atoms with E-state index in [0.29, 0.717) is 24.8 Å². The molecule has 2 atom stereocenters. The van der Waals surface area contributed by atoms with E-state index in [1.165, 1.54) is 38.1 Å². The molecule has 1 saturated heterocycles. The molecule has 0 radical (unpaired) electrons. The fourth-order valence-electron chi connectivity index (χ4n) is 3.50. The van der Waals surface area contributed by atoms with Gasteiger partial charge in [0.05, 0.1) is 5.92 Å². The van der Waals surface area contributed by atoms with Gasteiger partial charge in [0.15, 0.2) is 0 Å². The first-order chi connectivity index (χ1) is 12.5. The van der Waals surface area contributed by atoms with Gasteiger partial charge in [0.2, 0.25) is 0 Å². The largest absolute Gasteiger partial charge is 0.481 e. The van der Waals surface area contributed by atoms with Gasteiger partial charge in [-0.2, -0.15) is 0 Å². The van der Waals surface area contributed by atoms with E-state index in [0.717, 1.165) is 5.56 Å². The highest BCUT2D eigenvalue weighted by Crippen LogP contribution is 2.41. The summed E-state index contributed by atoms with van der Waals surface area (Å²) >= 11 is 0. The SMILES string of the molecule is C1CCNC1.CC.O=C(O)C1c2ccc(F)cc2CC1CCCB(O)O. The molecule has 5 nitrogen and oxygen atoms in total. The van der Waals surface area contributed by atoms with Crippen molar-refractivity contribution in [3.05, 3.63) is 35.1 Å². The van der Waals surface area contributed by atoms with Gasteiger partial charge in [-0.1, -0.05) is 26.3 Å². The number of aliphatic carboxylic acids is 1. The summed E-state index contributed by atoms with van der Waals surface area (Å²) in [4.78, 5) is 11.4. The van der Waals surface area contributed by atoms with Crippen LogP contribution in [-0.4, -0.2) is 41.3 Å². The Labute approximate surface area is 155 Å². The fourth-order valence-corrected chi connectivity index (χ4v) is 3.50. The predicted molar refractivity (Wildman–Crippen MR) is 102 cm³/mol. The molecule has 2 unspecified atom stereocenters. The summed E-state index contributed by atoms with van der Waals surface area (Å²) in [6.07, 6.45) is 4.67. The van der Waals surface area contributed by atoms with Crippen LogP contribution in [0.3, 0.4) is 0 Å². The van der Waals surface area contributed by atoms with E-state index in [4.69, 9.17) is 10.0 Å². The number of carboxylic acids is 1. The second-order valence-corrected chi connectivity index (χ2v) is 6.49. The first-order valence-corrected chi connectivity index (χ1v) is 9.57. The average molecular weight is 367 g/mol. The van der Waals surface area contributed by atoms with Gasteiger partial charge in [-0.05, 0) is 74.3 Å². The van der Waals surface area contributed by atoms with E-state index in [1.54, 1.807) is 6.07 Å². The zero-order valence-electron chi connectivity index (χ0n) is 15.7. The van der Waals surface area contributed by atoms with Crippen molar-refractivity contribution in [3.63, 3.8) is 0 Å². The molecular formula is C19H31BFNO4. The molecule has 0 amide bonds. The summed E-state index contributed by atoms with van der Waals surface area (Å²) in [5.74, 6) is -1.98. The molecule has 0 bridgehead atoms. The Hall–Kier alpha value is -1.44. The highest BCUT2D eigenvalue weighted by Gasteiger charge is 2.37. The molecule has 2 aliphatic rings. The minimum atomic E-state index is -1.36. The molecule has 1 aromatic rings. The monoisotopic (exact) mass is 367 g/mol. The van der Waals surface area contributed by atoms with Crippen molar-refractivity contribution in [2.75, 3.05) is 13.1 Å². The Bertz CT molecular complexity index is 545. The van der Waals surface area contributed by atoms with E-state index >= 15 is 0 Å². The Balaban J connectivity index is 0.000000408. The third-order valence-electron chi connectivity index (χ3n) is 4.65. The van der Waals surface area contributed by atoms with Crippen molar-refractivity contribution < 1.29 is 24.3 Å². The maximum Gasteiger partial charge on any atom is 0.451 e. The maximum absolute atomic E-state index is 13.2. The van der Waals surface area contributed by atoms with Gasteiger partial charge in [0.1, 0.15) is 5.82 Å².